The zero-order valence-electron chi connectivity index (χ0n) is 19.9. The van der Waals surface area contributed by atoms with Crippen molar-refractivity contribution >= 4 is 23.5 Å². The SMILES string of the molecule is O=C(O)CCC(=O)N(C1CC1)[C@H]1c2ccccc2N(C(=O)[C@@H]2C[C@H]2c2ccccc2)[C@@H]2CCC[C@@H]21. The van der Waals surface area contributed by atoms with Gasteiger partial charge in [0, 0.05) is 36.0 Å². The molecule has 0 spiro atoms. The van der Waals surface area contributed by atoms with Gasteiger partial charge in [-0.3, -0.25) is 14.4 Å². The standard InChI is InChI=1S/C29H32N2O4/c32-26(15-16-27(33)34)30(19-13-14-19)28-20-9-4-5-11-24(20)31(25-12-6-10-21(25)28)29(35)23-17-22(23)18-7-2-1-3-8-18/h1-5,7-9,11,19,21-23,25,28H,6,10,12-17H2,(H,33,34)/t21-,22-,23+,25+,28-/m0/s1. The maximum atomic E-state index is 14.0. The zero-order valence-corrected chi connectivity index (χ0v) is 19.9. The highest BCUT2D eigenvalue weighted by Crippen LogP contribution is 2.55. The number of carbonyl (C=O) groups excluding carboxylic acids is 2. The number of carboxylic acid groups (broad SMARTS) is 1. The van der Waals surface area contributed by atoms with Crippen molar-refractivity contribution in [1.29, 1.82) is 0 Å². The van der Waals surface area contributed by atoms with Gasteiger partial charge >= 0.3 is 5.97 Å². The van der Waals surface area contributed by atoms with Crippen molar-refractivity contribution < 1.29 is 19.5 Å². The average Bonchev–Trinajstić information content (AvgIpc) is 3.80. The van der Waals surface area contributed by atoms with E-state index in [1.807, 2.05) is 41.3 Å². The van der Waals surface area contributed by atoms with E-state index in [1.165, 1.54) is 5.56 Å². The van der Waals surface area contributed by atoms with Crippen molar-refractivity contribution in [1.82, 2.24) is 4.90 Å². The Bertz CT molecular complexity index is 1140. The van der Waals surface area contributed by atoms with Gasteiger partial charge in [-0.05, 0) is 55.2 Å². The van der Waals surface area contributed by atoms with Crippen molar-refractivity contribution in [2.45, 2.75) is 75.4 Å². The second-order valence-electron chi connectivity index (χ2n) is 10.7. The van der Waals surface area contributed by atoms with Gasteiger partial charge in [0.25, 0.3) is 0 Å². The molecule has 182 valence electrons. The Morgan fingerprint density at radius 3 is 2.40 bits per heavy atom. The summed E-state index contributed by atoms with van der Waals surface area (Å²) < 4.78 is 0. The Balaban J connectivity index is 1.34. The molecule has 2 amide bonds. The molecule has 3 aliphatic carbocycles. The molecule has 6 nitrogen and oxygen atoms in total. The number of rotatable bonds is 7. The van der Waals surface area contributed by atoms with Crippen LogP contribution in [0.5, 0.6) is 0 Å². The van der Waals surface area contributed by atoms with Gasteiger partial charge in [0.15, 0.2) is 0 Å². The fourth-order valence-electron chi connectivity index (χ4n) is 6.66. The first-order valence-corrected chi connectivity index (χ1v) is 13.0. The summed E-state index contributed by atoms with van der Waals surface area (Å²) in [5, 5.41) is 9.16. The second kappa shape index (κ2) is 8.81. The molecule has 2 aromatic carbocycles. The summed E-state index contributed by atoms with van der Waals surface area (Å²) in [4.78, 5) is 42.6. The first kappa shape index (κ1) is 22.3. The maximum absolute atomic E-state index is 14.0. The van der Waals surface area contributed by atoms with Crippen molar-refractivity contribution in [2.75, 3.05) is 4.90 Å². The lowest BCUT2D eigenvalue weighted by Crippen LogP contribution is -2.53. The number of carboxylic acids is 1. The van der Waals surface area contributed by atoms with Crippen LogP contribution >= 0.6 is 0 Å². The number of fused-ring (bicyclic) bond motifs is 2. The molecule has 0 aromatic heterocycles. The molecule has 35 heavy (non-hydrogen) atoms. The third-order valence-corrected chi connectivity index (χ3v) is 8.44. The third-order valence-electron chi connectivity index (χ3n) is 8.44. The minimum atomic E-state index is -0.939. The second-order valence-corrected chi connectivity index (χ2v) is 10.7. The highest BCUT2D eigenvalue weighted by Gasteiger charge is 2.54. The van der Waals surface area contributed by atoms with Crippen LogP contribution in [0.2, 0.25) is 0 Å². The molecule has 0 unspecified atom stereocenters. The number of amides is 2. The van der Waals surface area contributed by atoms with Crippen molar-refractivity contribution in [3.8, 4) is 0 Å². The molecule has 3 saturated carbocycles. The lowest BCUT2D eigenvalue weighted by Gasteiger charge is -2.48. The van der Waals surface area contributed by atoms with Crippen LogP contribution in [0, 0.1) is 11.8 Å². The number of para-hydroxylation sites is 1. The van der Waals surface area contributed by atoms with Crippen LogP contribution in [0.15, 0.2) is 54.6 Å². The van der Waals surface area contributed by atoms with Crippen LogP contribution in [-0.4, -0.2) is 39.9 Å². The predicted molar refractivity (Wildman–Crippen MR) is 132 cm³/mol. The van der Waals surface area contributed by atoms with Gasteiger partial charge in [-0.2, -0.15) is 0 Å². The molecule has 0 saturated heterocycles. The van der Waals surface area contributed by atoms with E-state index in [1.54, 1.807) is 0 Å². The summed E-state index contributed by atoms with van der Waals surface area (Å²) in [6.07, 6.45) is 5.70. The van der Waals surface area contributed by atoms with Gasteiger partial charge in [-0.1, -0.05) is 55.0 Å². The van der Waals surface area contributed by atoms with Crippen molar-refractivity contribution in [2.24, 2.45) is 11.8 Å². The Hall–Kier alpha value is -3.15. The lowest BCUT2D eigenvalue weighted by molar-refractivity contribution is -0.143. The monoisotopic (exact) mass is 472 g/mol. The number of hydrogen-bond acceptors (Lipinski definition) is 3. The fourth-order valence-corrected chi connectivity index (χ4v) is 6.66. The van der Waals surface area contributed by atoms with Gasteiger partial charge in [-0.15, -0.1) is 0 Å². The minimum absolute atomic E-state index is 0.0139. The number of carbonyl (C=O) groups is 3. The first-order valence-electron chi connectivity index (χ1n) is 13.0. The van der Waals surface area contributed by atoms with Gasteiger partial charge in [-0.25, -0.2) is 0 Å². The molecule has 0 bridgehead atoms. The molecule has 5 atom stereocenters. The molecule has 3 fully saturated rings. The highest BCUT2D eigenvalue weighted by atomic mass is 16.4. The number of aliphatic carboxylic acids is 1. The van der Waals surface area contributed by atoms with E-state index >= 15 is 0 Å². The Kier molecular flexibility index (Phi) is 5.62. The van der Waals surface area contributed by atoms with Crippen molar-refractivity contribution in [3.63, 3.8) is 0 Å². The molecular formula is C29H32N2O4. The number of nitrogens with zero attached hydrogens (tertiary/aromatic N) is 2. The van der Waals surface area contributed by atoms with E-state index in [0.717, 1.165) is 49.8 Å². The number of anilines is 1. The lowest BCUT2D eigenvalue weighted by atomic mass is 9.81. The van der Waals surface area contributed by atoms with Crippen LogP contribution in [-0.2, 0) is 14.4 Å². The predicted octanol–water partition coefficient (Wildman–Crippen LogP) is 4.90. The van der Waals surface area contributed by atoms with Crippen LogP contribution in [0.25, 0.3) is 0 Å². The smallest absolute Gasteiger partial charge is 0.303 e. The van der Waals surface area contributed by atoms with Gasteiger partial charge in [0.1, 0.15) is 0 Å². The summed E-state index contributed by atoms with van der Waals surface area (Å²) in [7, 11) is 0. The van der Waals surface area contributed by atoms with E-state index in [-0.39, 0.29) is 60.5 Å². The molecular weight excluding hydrogens is 440 g/mol. The maximum Gasteiger partial charge on any atom is 0.303 e. The van der Waals surface area contributed by atoms with E-state index in [0.29, 0.717) is 0 Å². The normalized spacial score (nSPS) is 28.7. The summed E-state index contributed by atoms with van der Waals surface area (Å²) in [5.41, 5.74) is 3.23. The van der Waals surface area contributed by atoms with Crippen molar-refractivity contribution in [3.05, 3.63) is 65.7 Å². The summed E-state index contributed by atoms with van der Waals surface area (Å²) in [5.74, 6) is -0.291. The van der Waals surface area contributed by atoms with Crippen LogP contribution in [0.4, 0.5) is 5.69 Å². The molecule has 2 aromatic rings. The summed E-state index contributed by atoms with van der Waals surface area (Å²) >= 11 is 0. The first-order chi connectivity index (χ1) is 17.0. The number of hydrogen-bond donors (Lipinski definition) is 1. The van der Waals surface area contributed by atoms with Gasteiger partial charge in [0.05, 0.1) is 12.5 Å². The highest BCUT2D eigenvalue weighted by molar-refractivity contribution is 5.99. The van der Waals surface area contributed by atoms with E-state index in [4.69, 9.17) is 5.11 Å². The number of benzene rings is 2. The van der Waals surface area contributed by atoms with Crippen LogP contribution in [0.1, 0.15) is 74.5 Å². The molecule has 0 radical (unpaired) electrons. The summed E-state index contributed by atoms with van der Waals surface area (Å²) in [6.45, 7) is 0. The largest absolute Gasteiger partial charge is 0.481 e. The molecule has 1 N–H and O–H groups in total. The van der Waals surface area contributed by atoms with E-state index < -0.39 is 5.97 Å². The molecule has 6 rings (SSSR count). The average molecular weight is 473 g/mol. The quantitative estimate of drug-likeness (QED) is 0.622. The zero-order chi connectivity index (χ0) is 24.1. The van der Waals surface area contributed by atoms with Crippen LogP contribution < -0.4 is 4.90 Å². The van der Waals surface area contributed by atoms with Crippen LogP contribution in [0.3, 0.4) is 0 Å². The molecule has 4 aliphatic rings. The fraction of sp³-hybridized carbons (Fsp3) is 0.483. The van der Waals surface area contributed by atoms with E-state index in [9.17, 15) is 14.4 Å². The minimum Gasteiger partial charge on any atom is -0.481 e. The van der Waals surface area contributed by atoms with E-state index in [2.05, 4.69) is 23.1 Å². The molecule has 1 aliphatic heterocycles. The Morgan fingerprint density at radius 2 is 1.66 bits per heavy atom. The third kappa shape index (κ3) is 4.03. The topological polar surface area (TPSA) is 77.9 Å². The Labute approximate surface area is 205 Å². The molecule has 1 heterocycles. The summed E-state index contributed by atoms with van der Waals surface area (Å²) in [6, 6.07) is 18.6. The molecule has 6 heteroatoms. The van der Waals surface area contributed by atoms with Gasteiger partial charge < -0.3 is 14.9 Å². The van der Waals surface area contributed by atoms with Gasteiger partial charge in [0.2, 0.25) is 11.8 Å². The Morgan fingerprint density at radius 1 is 0.914 bits per heavy atom.